The van der Waals surface area contributed by atoms with Gasteiger partial charge in [0.25, 0.3) is 5.91 Å². The van der Waals surface area contributed by atoms with E-state index in [1.165, 1.54) is 12.1 Å². The van der Waals surface area contributed by atoms with Crippen molar-refractivity contribution < 1.29 is 24.6 Å². The Bertz CT molecular complexity index is 1070. The van der Waals surface area contributed by atoms with Crippen molar-refractivity contribution >= 4 is 44.7 Å². The number of hydrogen-bond donors (Lipinski definition) is 4. The minimum atomic E-state index is -1.17. The van der Waals surface area contributed by atoms with E-state index in [1.54, 1.807) is 18.2 Å². The Morgan fingerprint density at radius 2 is 1.71 bits per heavy atom. The molecule has 2 aromatic carbocycles. The highest BCUT2D eigenvalue weighted by Gasteiger charge is 2.18. The Morgan fingerprint density at radius 3 is 2.39 bits per heavy atom. The number of aromatic nitrogens is 1. The largest absolute Gasteiger partial charge is 0.478 e. The molecule has 0 bridgehead atoms. The minimum absolute atomic E-state index is 0.0605. The first kappa shape index (κ1) is 19.6. The number of H-pyrrole nitrogens is 1. The lowest BCUT2D eigenvalue weighted by Gasteiger charge is -2.08. The van der Waals surface area contributed by atoms with Crippen LogP contribution in [0.5, 0.6) is 0 Å². The van der Waals surface area contributed by atoms with Gasteiger partial charge in [0.2, 0.25) is 0 Å². The van der Waals surface area contributed by atoms with E-state index in [0.717, 1.165) is 15.4 Å². The summed E-state index contributed by atoms with van der Waals surface area (Å²) >= 11 is 3.39. The summed E-state index contributed by atoms with van der Waals surface area (Å²) in [5, 5.41) is 22.1. The van der Waals surface area contributed by atoms with Gasteiger partial charge in [-0.2, -0.15) is 0 Å². The van der Waals surface area contributed by atoms with Gasteiger partial charge in [-0.25, -0.2) is 9.59 Å². The molecule has 0 fully saturated rings. The quantitative estimate of drug-likeness (QED) is 0.414. The van der Waals surface area contributed by atoms with Gasteiger partial charge in [-0.15, -0.1) is 0 Å². The topological polar surface area (TPSA) is 119 Å². The zero-order valence-electron chi connectivity index (χ0n) is 14.7. The summed E-state index contributed by atoms with van der Waals surface area (Å²) in [5.74, 6) is -2.68. The number of carbonyl (C=O) groups is 3. The predicted molar refractivity (Wildman–Crippen MR) is 107 cm³/mol. The smallest absolute Gasteiger partial charge is 0.352 e. The number of amides is 1. The van der Waals surface area contributed by atoms with Crippen LogP contribution in [0.4, 0.5) is 0 Å². The fourth-order valence-corrected chi connectivity index (χ4v) is 3.45. The molecule has 144 valence electrons. The first-order valence-electron chi connectivity index (χ1n) is 8.52. The Kier molecular flexibility index (Phi) is 5.79. The Balaban J connectivity index is 1.70. The summed E-state index contributed by atoms with van der Waals surface area (Å²) < 4.78 is 0.843. The van der Waals surface area contributed by atoms with Crippen molar-refractivity contribution in [2.75, 3.05) is 6.54 Å². The van der Waals surface area contributed by atoms with Gasteiger partial charge >= 0.3 is 11.9 Å². The zero-order chi connectivity index (χ0) is 20.3. The number of aromatic amines is 1. The molecule has 0 saturated carbocycles. The zero-order valence-corrected chi connectivity index (χ0v) is 16.2. The number of carbonyl (C=O) groups excluding carboxylic acids is 1. The van der Waals surface area contributed by atoms with Gasteiger partial charge in [0.1, 0.15) is 5.69 Å². The van der Waals surface area contributed by atoms with Crippen molar-refractivity contribution in [3.8, 4) is 0 Å². The summed E-state index contributed by atoms with van der Waals surface area (Å²) in [5.41, 5.74) is 1.57. The molecule has 0 atom stereocenters. The maximum absolute atomic E-state index is 12.3. The SMILES string of the molecule is O=C(O)c1ccccc1C(=O)NCCCc1c(C(=O)O)[nH]c2ccc(Br)cc12. The van der Waals surface area contributed by atoms with Crippen LogP contribution in [0.1, 0.15) is 43.2 Å². The normalized spacial score (nSPS) is 10.8. The summed E-state index contributed by atoms with van der Waals surface area (Å²) in [4.78, 5) is 38.0. The van der Waals surface area contributed by atoms with Crippen LogP contribution in [0.2, 0.25) is 0 Å². The molecule has 3 aromatic rings. The van der Waals surface area contributed by atoms with Crippen LogP contribution in [0.15, 0.2) is 46.9 Å². The van der Waals surface area contributed by atoms with Crippen LogP contribution < -0.4 is 5.32 Å². The number of nitrogens with one attached hydrogen (secondary N) is 2. The standard InChI is InChI=1S/C20H17BrN2O5/c21-11-7-8-16-15(10-11)12(17(23-16)20(27)28)6-3-9-22-18(24)13-4-1-2-5-14(13)19(25)26/h1-2,4-5,7-8,10,23H,3,6,9H2,(H,22,24)(H,25,26)(H,27,28). The maximum Gasteiger partial charge on any atom is 0.352 e. The van der Waals surface area contributed by atoms with Crippen molar-refractivity contribution in [3.05, 3.63) is 69.3 Å². The average Bonchev–Trinajstić information content (AvgIpc) is 3.03. The van der Waals surface area contributed by atoms with E-state index < -0.39 is 17.8 Å². The summed E-state index contributed by atoms with van der Waals surface area (Å²) in [6.07, 6.45) is 0.944. The maximum atomic E-state index is 12.3. The molecular formula is C20H17BrN2O5. The van der Waals surface area contributed by atoms with E-state index >= 15 is 0 Å². The van der Waals surface area contributed by atoms with E-state index in [1.807, 2.05) is 12.1 Å². The third-order valence-corrected chi connectivity index (χ3v) is 4.87. The second-order valence-corrected chi connectivity index (χ2v) is 7.10. The first-order chi connectivity index (χ1) is 13.4. The molecule has 0 saturated heterocycles. The molecule has 0 unspecified atom stereocenters. The van der Waals surface area contributed by atoms with Crippen molar-refractivity contribution in [1.82, 2.24) is 10.3 Å². The minimum Gasteiger partial charge on any atom is -0.478 e. The van der Waals surface area contributed by atoms with Crippen molar-refractivity contribution in [1.29, 1.82) is 0 Å². The highest BCUT2D eigenvalue weighted by Crippen LogP contribution is 2.27. The average molecular weight is 445 g/mol. The van der Waals surface area contributed by atoms with Gasteiger partial charge in [-0.3, -0.25) is 4.79 Å². The molecule has 0 aliphatic heterocycles. The lowest BCUT2D eigenvalue weighted by atomic mass is 10.0. The summed E-state index contributed by atoms with van der Waals surface area (Å²) in [6.45, 7) is 0.284. The van der Waals surface area contributed by atoms with Crippen LogP contribution in [-0.2, 0) is 6.42 Å². The van der Waals surface area contributed by atoms with Gasteiger partial charge in [-0.05, 0) is 48.7 Å². The lowest BCUT2D eigenvalue weighted by Crippen LogP contribution is -2.26. The van der Waals surface area contributed by atoms with Crippen molar-refractivity contribution in [2.24, 2.45) is 0 Å². The van der Waals surface area contributed by atoms with Crippen LogP contribution in [0.25, 0.3) is 10.9 Å². The predicted octanol–water partition coefficient (Wildman–Crippen LogP) is 3.69. The molecule has 0 aliphatic rings. The Labute approximate surface area is 168 Å². The van der Waals surface area contributed by atoms with E-state index in [-0.39, 0.29) is 23.4 Å². The van der Waals surface area contributed by atoms with Gasteiger partial charge in [0.05, 0.1) is 11.1 Å². The fraction of sp³-hybridized carbons (Fsp3) is 0.150. The van der Waals surface area contributed by atoms with Gasteiger partial charge in [-0.1, -0.05) is 28.1 Å². The second-order valence-electron chi connectivity index (χ2n) is 6.18. The number of fused-ring (bicyclic) bond motifs is 1. The third kappa shape index (κ3) is 4.07. The molecule has 1 amide bonds. The molecule has 0 radical (unpaired) electrons. The fourth-order valence-electron chi connectivity index (χ4n) is 3.09. The second kappa shape index (κ2) is 8.26. The van der Waals surface area contributed by atoms with E-state index in [0.29, 0.717) is 18.4 Å². The molecule has 1 heterocycles. The van der Waals surface area contributed by atoms with Gasteiger partial charge < -0.3 is 20.5 Å². The molecule has 8 heteroatoms. The number of carboxylic acids is 2. The number of carboxylic acid groups (broad SMARTS) is 2. The van der Waals surface area contributed by atoms with Crippen LogP contribution in [0.3, 0.4) is 0 Å². The van der Waals surface area contributed by atoms with E-state index in [2.05, 4.69) is 26.2 Å². The highest BCUT2D eigenvalue weighted by molar-refractivity contribution is 9.10. The molecule has 0 aliphatic carbocycles. The number of halogens is 1. The lowest BCUT2D eigenvalue weighted by molar-refractivity contribution is 0.0681. The van der Waals surface area contributed by atoms with E-state index in [9.17, 15) is 24.6 Å². The number of benzene rings is 2. The van der Waals surface area contributed by atoms with Crippen molar-refractivity contribution in [2.45, 2.75) is 12.8 Å². The number of aromatic carboxylic acids is 2. The highest BCUT2D eigenvalue weighted by atomic mass is 79.9. The molecule has 3 rings (SSSR count). The molecule has 7 nitrogen and oxygen atoms in total. The van der Waals surface area contributed by atoms with E-state index in [4.69, 9.17) is 0 Å². The number of aryl methyl sites for hydroxylation is 1. The molecule has 28 heavy (non-hydrogen) atoms. The van der Waals surface area contributed by atoms with Crippen LogP contribution in [0, 0.1) is 0 Å². The molecule has 1 aromatic heterocycles. The molecular weight excluding hydrogens is 428 g/mol. The number of rotatable bonds is 7. The Hall–Kier alpha value is -3.13. The summed E-state index contributed by atoms with van der Waals surface area (Å²) in [7, 11) is 0. The third-order valence-electron chi connectivity index (χ3n) is 4.37. The first-order valence-corrected chi connectivity index (χ1v) is 9.31. The molecule has 0 spiro atoms. The molecule has 4 N–H and O–H groups in total. The summed E-state index contributed by atoms with van der Waals surface area (Å²) in [6, 6.07) is 11.5. The van der Waals surface area contributed by atoms with Crippen LogP contribution in [-0.4, -0.2) is 39.6 Å². The Morgan fingerprint density at radius 1 is 1.00 bits per heavy atom. The number of hydrogen-bond acceptors (Lipinski definition) is 3. The monoisotopic (exact) mass is 444 g/mol. The van der Waals surface area contributed by atoms with Crippen LogP contribution >= 0.6 is 15.9 Å². The van der Waals surface area contributed by atoms with Gasteiger partial charge in [0.15, 0.2) is 0 Å². The van der Waals surface area contributed by atoms with Crippen molar-refractivity contribution in [3.63, 3.8) is 0 Å². The van der Waals surface area contributed by atoms with Gasteiger partial charge in [0, 0.05) is 21.9 Å².